The van der Waals surface area contributed by atoms with Crippen LogP contribution in [0.2, 0.25) is 0 Å². The third-order valence-corrected chi connectivity index (χ3v) is 4.84. The van der Waals surface area contributed by atoms with Crippen LogP contribution in [0.1, 0.15) is 32.3 Å². The highest BCUT2D eigenvalue weighted by Gasteiger charge is 2.37. The summed E-state index contributed by atoms with van der Waals surface area (Å²) in [5.41, 5.74) is 0.647. The van der Waals surface area contributed by atoms with Crippen LogP contribution in [0, 0.1) is 0 Å². The molecule has 0 radical (unpaired) electrons. The number of hydrogen-bond donors (Lipinski definition) is 0. The molecule has 0 bridgehead atoms. The molecular formula is C19H29IN2O2. The van der Waals surface area contributed by atoms with E-state index in [9.17, 15) is 9.59 Å². The number of likely N-dealkylation sites (tertiary alicyclic amines) is 1. The summed E-state index contributed by atoms with van der Waals surface area (Å²) < 4.78 is 0. The van der Waals surface area contributed by atoms with Gasteiger partial charge in [-0.1, -0.05) is 66.8 Å². The molecule has 5 heteroatoms. The van der Waals surface area contributed by atoms with Gasteiger partial charge in [-0.15, -0.1) is 0 Å². The summed E-state index contributed by atoms with van der Waals surface area (Å²) in [6, 6.07) is 9.94. The molecule has 0 aliphatic carbocycles. The Morgan fingerprint density at radius 3 is 2.17 bits per heavy atom. The van der Waals surface area contributed by atoms with Crippen molar-refractivity contribution in [1.82, 2.24) is 9.80 Å². The van der Waals surface area contributed by atoms with E-state index in [1.165, 1.54) is 0 Å². The van der Waals surface area contributed by atoms with Crippen LogP contribution >= 0.6 is 22.6 Å². The van der Waals surface area contributed by atoms with Crippen molar-refractivity contribution in [1.29, 1.82) is 0 Å². The summed E-state index contributed by atoms with van der Waals surface area (Å²) in [5, 5.41) is 0. The van der Waals surface area contributed by atoms with E-state index >= 15 is 0 Å². The number of nitrogens with zero attached hydrogens (tertiary/aromatic N) is 2. The zero-order valence-corrected chi connectivity index (χ0v) is 17.2. The summed E-state index contributed by atoms with van der Waals surface area (Å²) in [6.07, 6.45) is 2.50. The lowest BCUT2D eigenvalue weighted by Gasteiger charge is -2.39. The predicted octanol–water partition coefficient (Wildman–Crippen LogP) is 3.14. The minimum absolute atomic E-state index is 0.177. The van der Waals surface area contributed by atoms with Crippen molar-refractivity contribution in [2.45, 2.75) is 32.1 Å². The minimum atomic E-state index is -0.423. The highest BCUT2D eigenvalue weighted by Crippen LogP contribution is 2.33. The van der Waals surface area contributed by atoms with E-state index in [-0.39, 0.29) is 5.91 Å². The molecule has 1 amide bonds. The molecule has 1 aromatic carbocycles. The minimum Gasteiger partial charge on any atom is -0.341 e. The van der Waals surface area contributed by atoms with Gasteiger partial charge in [-0.05, 0) is 36.4 Å². The Morgan fingerprint density at radius 1 is 1.17 bits per heavy atom. The van der Waals surface area contributed by atoms with Gasteiger partial charge >= 0.3 is 0 Å². The Hall–Kier alpha value is -0.950. The van der Waals surface area contributed by atoms with Gasteiger partial charge in [0.1, 0.15) is 6.29 Å². The summed E-state index contributed by atoms with van der Waals surface area (Å²) in [4.78, 5) is 30.1. The normalized spacial score (nSPS) is 16.3. The van der Waals surface area contributed by atoms with Crippen molar-refractivity contribution in [3.63, 3.8) is 0 Å². The largest absolute Gasteiger partial charge is 0.341 e. The van der Waals surface area contributed by atoms with Gasteiger partial charge in [0.2, 0.25) is 5.91 Å². The standard InChI is InChI=1S/C18H26N2O2.CH3I/c1-3-19(4-2)14-17(22)20-12-10-18(15-21,11-13-20)16-8-6-5-7-9-16;1-2/h5-9,15H,3-4,10-14H2,1-2H3;1H3. The Labute approximate surface area is 159 Å². The molecular weight excluding hydrogens is 415 g/mol. The van der Waals surface area contributed by atoms with Gasteiger partial charge in [0.15, 0.2) is 0 Å². The fourth-order valence-corrected chi connectivity index (χ4v) is 3.14. The van der Waals surface area contributed by atoms with E-state index in [0.717, 1.165) is 24.9 Å². The van der Waals surface area contributed by atoms with Crippen LogP contribution in [0.3, 0.4) is 0 Å². The first-order chi connectivity index (χ1) is 11.6. The van der Waals surface area contributed by atoms with Gasteiger partial charge in [0.25, 0.3) is 0 Å². The molecule has 1 aromatic rings. The number of aldehydes is 1. The van der Waals surface area contributed by atoms with Crippen LogP contribution in [-0.2, 0) is 15.0 Å². The van der Waals surface area contributed by atoms with Crippen LogP contribution in [0.15, 0.2) is 30.3 Å². The quantitative estimate of drug-likeness (QED) is 0.385. The number of likely N-dealkylation sites (N-methyl/N-ethyl adjacent to an activating group) is 1. The number of rotatable bonds is 6. The molecule has 1 saturated heterocycles. The summed E-state index contributed by atoms with van der Waals surface area (Å²) in [6.45, 7) is 7.71. The molecule has 1 heterocycles. The molecule has 0 aromatic heterocycles. The molecule has 0 unspecified atom stereocenters. The fourth-order valence-electron chi connectivity index (χ4n) is 3.14. The van der Waals surface area contributed by atoms with Crippen molar-refractivity contribution in [2.24, 2.45) is 0 Å². The lowest BCUT2D eigenvalue weighted by atomic mass is 9.74. The SMILES string of the molecule is CCN(CC)CC(=O)N1CCC(C=O)(c2ccccc2)CC1.CI. The van der Waals surface area contributed by atoms with Crippen LogP contribution < -0.4 is 0 Å². The van der Waals surface area contributed by atoms with Crippen LogP contribution in [0.25, 0.3) is 0 Å². The smallest absolute Gasteiger partial charge is 0.236 e. The third kappa shape index (κ3) is 5.28. The second-order valence-electron chi connectivity index (χ2n) is 5.98. The molecule has 0 atom stereocenters. The predicted molar refractivity (Wildman–Crippen MR) is 108 cm³/mol. The summed E-state index contributed by atoms with van der Waals surface area (Å²) in [5.74, 6) is 0.177. The first kappa shape index (κ1) is 21.1. The van der Waals surface area contributed by atoms with E-state index in [4.69, 9.17) is 0 Å². The average molecular weight is 444 g/mol. The number of hydrogen-bond acceptors (Lipinski definition) is 3. The monoisotopic (exact) mass is 444 g/mol. The molecule has 0 N–H and O–H groups in total. The van der Waals surface area contributed by atoms with Gasteiger partial charge in [-0.25, -0.2) is 0 Å². The first-order valence-electron chi connectivity index (χ1n) is 8.55. The van der Waals surface area contributed by atoms with E-state index in [1.54, 1.807) is 0 Å². The lowest BCUT2D eigenvalue weighted by Crippen LogP contribution is -2.48. The average Bonchev–Trinajstić information content (AvgIpc) is 2.68. The number of carbonyl (C=O) groups is 2. The topological polar surface area (TPSA) is 40.6 Å². The molecule has 134 valence electrons. The van der Waals surface area contributed by atoms with Crippen molar-refractivity contribution in [2.75, 3.05) is 37.7 Å². The zero-order valence-electron chi connectivity index (χ0n) is 15.0. The van der Waals surface area contributed by atoms with E-state index in [2.05, 4.69) is 41.3 Å². The molecule has 1 aliphatic rings. The number of carbonyl (C=O) groups excluding carboxylic acids is 2. The first-order valence-corrected chi connectivity index (χ1v) is 10.7. The maximum Gasteiger partial charge on any atom is 0.236 e. The van der Waals surface area contributed by atoms with Crippen molar-refractivity contribution >= 4 is 34.8 Å². The highest BCUT2D eigenvalue weighted by molar-refractivity contribution is 14.1. The van der Waals surface area contributed by atoms with Crippen molar-refractivity contribution < 1.29 is 9.59 Å². The molecule has 4 nitrogen and oxygen atoms in total. The van der Waals surface area contributed by atoms with Crippen molar-refractivity contribution in [3.05, 3.63) is 35.9 Å². The molecule has 24 heavy (non-hydrogen) atoms. The van der Waals surface area contributed by atoms with Gasteiger partial charge in [-0.2, -0.15) is 0 Å². The highest BCUT2D eigenvalue weighted by atomic mass is 127. The Bertz CT molecular complexity index is 495. The van der Waals surface area contributed by atoms with E-state index < -0.39 is 5.41 Å². The van der Waals surface area contributed by atoms with Crippen LogP contribution in [-0.4, -0.2) is 59.6 Å². The van der Waals surface area contributed by atoms with Gasteiger partial charge in [0, 0.05) is 13.1 Å². The summed E-state index contributed by atoms with van der Waals surface area (Å²) in [7, 11) is 0. The van der Waals surface area contributed by atoms with Gasteiger partial charge < -0.3 is 9.69 Å². The maximum atomic E-state index is 12.4. The number of amides is 1. The molecule has 2 rings (SSSR count). The molecule has 1 fully saturated rings. The maximum absolute atomic E-state index is 12.4. The van der Waals surface area contributed by atoms with Gasteiger partial charge in [-0.3, -0.25) is 9.69 Å². The fraction of sp³-hybridized carbons (Fsp3) is 0.579. The van der Waals surface area contributed by atoms with Crippen LogP contribution in [0.5, 0.6) is 0 Å². The number of benzene rings is 1. The Kier molecular flexibility index (Phi) is 9.51. The molecule has 1 aliphatic heterocycles. The second kappa shape index (κ2) is 10.8. The number of halogens is 1. The van der Waals surface area contributed by atoms with E-state index in [0.29, 0.717) is 32.5 Å². The van der Waals surface area contributed by atoms with Crippen LogP contribution in [0.4, 0.5) is 0 Å². The number of piperidine rings is 1. The van der Waals surface area contributed by atoms with Gasteiger partial charge in [0.05, 0.1) is 12.0 Å². The Morgan fingerprint density at radius 2 is 1.71 bits per heavy atom. The molecule has 0 saturated carbocycles. The van der Waals surface area contributed by atoms with E-state index in [1.807, 2.05) is 40.2 Å². The summed E-state index contributed by atoms with van der Waals surface area (Å²) >= 11 is 2.15. The lowest BCUT2D eigenvalue weighted by molar-refractivity contribution is -0.135. The van der Waals surface area contributed by atoms with Crippen molar-refractivity contribution in [3.8, 4) is 0 Å². The molecule has 0 spiro atoms. The second-order valence-corrected chi connectivity index (χ2v) is 5.98. The Balaban J connectivity index is 0.00000139. The zero-order chi connectivity index (χ0) is 18.0. The number of alkyl halides is 1. The third-order valence-electron chi connectivity index (χ3n) is 4.84.